The van der Waals surface area contributed by atoms with Crippen LogP contribution in [0.5, 0.6) is 0 Å². The first-order chi connectivity index (χ1) is 10.9. The number of hydrogen-bond donors (Lipinski definition) is 1. The van der Waals surface area contributed by atoms with Crippen LogP contribution in [-0.2, 0) is 16.1 Å². The summed E-state index contributed by atoms with van der Waals surface area (Å²) in [5.74, 6) is -0.327. The third-order valence-corrected chi connectivity index (χ3v) is 4.94. The van der Waals surface area contributed by atoms with Crippen molar-refractivity contribution in [2.45, 2.75) is 77.7 Å². The van der Waals surface area contributed by atoms with Crippen molar-refractivity contribution in [1.29, 1.82) is 0 Å². The summed E-state index contributed by atoms with van der Waals surface area (Å²) in [4.78, 5) is 12.1. The number of ether oxygens (including phenoxy) is 1. The molecule has 0 spiro atoms. The highest BCUT2D eigenvalue weighted by Gasteiger charge is 2.29. The number of carbonyl (C=O) groups excluding carboxylic acids is 1. The first kappa shape index (κ1) is 21.0. The number of rotatable bonds is 6. The molecule has 1 rings (SSSR count). The molecule has 1 aromatic rings. The summed E-state index contributed by atoms with van der Waals surface area (Å²) in [5, 5.41) is 0. The third kappa shape index (κ3) is 6.83. The first-order valence-electron chi connectivity index (χ1n) is 8.45. The maximum absolute atomic E-state index is 12.4. The van der Waals surface area contributed by atoms with E-state index >= 15 is 0 Å². The van der Waals surface area contributed by atoms with Gasteiger partial charge in [0.05, 0.1) is 11.6 Å². The average molecular weight is 354 g/mol. The van der Waals surface area contributed by atoms with Crippen molar-refractivity contribution in [3.8, 4) is 0 Å². The molecule has 5 heteroatoms. The van der Waals surface area contributed by atoms with Crippen LogP contribution in [0.25, 0.3) is 0 Å². The Morgan fingerprint density at radius 3 is 2.12 bits per heavy atom. The summed E-state index contributed by atoms with van der Waals surface area (Å²) in [6, 6.07) is 7.36. The zero-order valence-corrected chi connectivity index (χ0v) is 16.8. The second-order valence-electron chi connectivity index (χ2n) is 7.96. The van der Waals surface area contributed by atoms with E-state index < -0.39 is 17.0 Å². The molecule has 1 aromatic carbocycles. The van der Waals surface area contributed by atoms with E-state index in [-0.39, 0.29) is 16.8 Å². The van der Waals surface area contributed by atoms with Crippen molar-refractivity contribution in [2.75, 3.05) is 0 Å². The predicted molar refractivity (Wildman–Crippen MR) is 100 cm³/mol. The summed E-state index contributed by atoms with van der Waals surface area (Å²) in [7, 11) is 0. The molecule has 0 saturated carbocycles. The van der Waals surface area contributed by atoms with Gasteiger partial charge in [-0.2, -0.15) is 0 Å². The molecule has 0 saturated heterocycles. The second-order valence-corrected chi connectivity index (χ2v) is 9.96. The molecule has 24 heavy (non-hydrogen) atoms. The van der Waals surface area contributed by atoms with E-state index in [1.165, 1.54) is 0 Å². The number of hydrogen-bond acceptors (Lipinski definition) is 4. The molecule has 0 aliphatic carbocycles. The van der Waals surface area contributed by atoms with Crippen LogP contribution in [0.1, 0.15) is 83.3 Å². The monoisotopic (exact) mass is 353 g/mol. The highest BCUT2D eigenvalue weighted by atomic mass is 32.2. The van der Waals surface area contributed by atoms with Gasteiger partial charge in [-0.15, -0.1) is 4.72 Å². The van der Waals surface area contributed by atoms with Gasteiger partial charge in [-0.05, 0) is 65.7 Å². The van der Waals surface area contributed by atoms with Crippen LogP contribution >= 0.6 is 0 Å². The lowest BCUT2D eigenvalue weighted by atomic mass is 10.0. The van der Waals surface area contributed by atoms with Crippen molar-refractivity contribution in [1.82, 2.24) is 4.72 Å². The molecule has 0 aromatic heterocycles. The minimum Gasteiger partial charge on any atom is -0.598 e. The molecule has 0 bridgehead atoms. The molecule has 4 nitrogen and oxygen atoms in total. The summed E-state index contributed by atoms with van der Waals surface area (Å²) < 4.78 is 20.7. The Hall–Kier alpha value is -1.04. The Labute approximate surface area is 149 Å². The largest absolute Gasteiger partial charge is 0.598 e. The molecular formula is C19H31NO3S. The van der Waals surface area contributed by atoms with Gasteiger partial charge >= 0.3 is 5.97 Å². The van der Waals surface area contributed by atoms with Crippen LogP contribution in [0.4, 0.5) is 0 Å². The Bertz CT molecular complexity index is 529. The molecule has 0 aliphatic rings. The van der Waals surface area contributed by atoms with Gasteiger partial charge in [-0.25, -0.2) is 4.79 Å². The average Bonchev–Trinajstić information content (AvgIpc) is 2.44. The summed E-state index contributed by atoms with van der Waals surface area (Å²) in [6.45, 7) is 13.5. The molecule has 0 fully saturated rings. The molecule has 0 unspecified atom stereocenters. The Balaban J connectivity index is 2.88. The normalized spacial score (nSPS) is 15.0. The van der Waals surface area contributed by atoms with Crippen LogP contribution in [-0.4, -0.2) is 20.9 Å². The van der Waals surface area contributed by atoms with Crippen molar-refractivity contribution in [2.24, 2.45) is 0 Å². The van der Waals surface area contributed by atoms with Crippen LogP contribution in [0.3, 0.4) is 0 Å². The lowest BCUT2D eigenvalue weighted by molar-refractivity contribution is 0.00695. The van der Waals surface area contributed by atoms with Crippen molar-refractivity contribution in [3.05, 3.63) is 35.4 Å². The Morgan fingerprint density at radius 1 is 1.17 bits per heavy atom. The van der Waals surface area contributed by atoms with Crippen molar-refractivity contribution >= 4 is 17.3 Å². The molecule has 0 amide bonds. The Morgan fingerprint density at radius 2 is 1.71 bits per heavy atom. The van der Waals surface area contributed by atoms with Gasteiger partial charge < -0.3 is 9.29 Å². The number of nitrogens with one attached hydrogen (secondary N) is 1. The van der Waals surface area contributed by atoms with Crippen LogP contribution in [0.2, 0.25) is 0 Å². The first-order valence-corrected chi connectivity index (χ1v) is 9.60. The second kappa shape index (κ2) is 8.37. The van der Waals surface area contributed by atoms with Crippen LogP contribution in [0.15, 0.2) is 24.3 Å². The predicted octanol–water partition coefficient (Wildman–Crippen LogP) is 4.53. The van der Waals surface area contributed by atoms with Gasteiger partial charge in [0.15, 0.2) is 0 Å². The fraction of sp³-hybridized carbons (Fsp3) is 0.632. The molecule has 2 atom stereocenters. The van der Waals surface area contributed by atoms with E-state index in [1.807, 2.05) is 53.7 Å². The number of benzene rings is 1. The van der Waals surface area contributed by atoms with E-state index in [9.17, 15) is 9.35 Å². The molecule has 0 radical (unpaired) electrons. The van der Waals surface area contributed by atoms with Gasteiger partial charge in [-0.1, -0.05) is 25.5 Å². The maximum atomic E-state index is 12.4. The number of esters is 1. The molecule has 0 heterocycles. The minimum absolute atomic E-state index is 0.00254. The van der Waals surface area contributed by atoms with Gasteiger partial charge in [0.1, 0.15) is 10.3 Å². The van der Waals surface area contributed by atoms with Crippen LogP contribution in [0, 0.1) is 0 Å². The van der Waals surface area contributed by atoms with E-state index in [2.05, 4.69) is 11.6 Å². The highest BCUT2D eigenvalue weighted by molar-refractivity contribution is 7.90. The fourth-order valence-corrected chi connectivity index (χ4v) is 2.94. The minimum atomic E-state index is -1.14. The zero-order valence-electron chi connectivity index (χ0n) is 15.9. The Kier molecular flexibility index (Phi) is 7.32. The van der Waals surface area contributed by atoms with E-state index in [0.717, 1.165) is 18.4 Å². The van der Waals surface area contributed by atoms with Crippen molar-refractivity contribution in [3.63, 3.8) is 0 Å². The quantitative estimate of drug-likeness (QED) is 0.603. The third-order valence-electron chi connectivity index (χ3n) is 3.33. The standard InChI is InChI=1S/C19H31NO3S/c1-8-9-16(20-24(22)19(5,6)7)14-10-12-15(13-11-14)17(21)23-18(2,3)4/h10-13,16,20H,8-9H2,1-7H3/t16-,24+/m1/s1. The molecular weight excluding hydrogens is 322 g/mol. The maximum Gasteiger partial charge on any atom is 0.338 e. The zero-order chi connectivity index (χ0) is 18.5. The molecule has 1 N–H and O–H groups in total. The van der Waals surface area contributed by atoms with Gasteiger partial charge in [0.25, 0.3) is 0 Å². The fourth-order valence-electron chi connectivity index (χ4n) is 2.08. The summed E-state index contributed by atoms with van der Waals surface area (Å²) in [5.41, 5.74) is 1.05. The SMILES string of the molecule is CCC[C@@H](N[S@@+]([O-])C(C)(C)C)c1ccc(C(=O)OC(C)(C)C)cc1. The van der Waals surface area contributed by atoms with E-state index in [0.29, 0.717) is 5.56 Å². The number of carbonyl (C=O) groups is 1. The molecule has 136 valence electrons. The van der Waals surface area contributed by atoms with E-state index in [4.69, 9.17) is 4.74 Å². The highest BCUT2D eigenvalue weighted by Crippen LogP contribution is 2.24. The smallest absolute Gasteiger partial charge is 0.338 e. The van der Waals surface area contributed by atoms with E-state index in [1.54, 1.807) is 12.1 Å². The van der Waals surface area contributed by atoms with Gasteiger partial charge in [0, 0.05) is 11.4 Å². The van der Waals surface area contributed by atoms with Crippen LogP contribution < -0.4 is 4.72 Å². The van der Waals surface area contributed by atoms with Gasteiger partial charge in [0.2, 0.25) is 0 Å². The summed E-state index contributed by atoms with van der Waals surface area (Å²) in [6.07, 6.45) is 1.86. The lowest BCUT2D eigenvalue weighted by Gasteiger charge is -2.28. The lowest BCUT2D eigenvalue weighted by Crippen LogP contribution is -2.41. The van der Waals surface area contributed by atoms with Gasteiger partial charge in [-0.3, -0.25) is 0 Å². The topological polar surface area (TPSA) is 61.4 Å². The summed E-state index contributed by atoms with van der Waals surface area (Å²) >= 11 is -1.14. The van der Waals surface area contributed by atoms with Crippen molar-refractivity contribution < 1.29 is 14.1 Å². The molecule has 0 aliphatic heterocycles.